The molecule has 1 fully saturated rings. The van der Waals surface area contributed by atoms with E-state index < -0.39 is 12.2 Å². The van der Waals surface area contributed by atoms with Gasteiger partial charge in [0.15, 0.2) is 0 Å². The van der Waals surface area contributed by atoms with Crippen molar-refractivity contribution in [3.8, 4) is 0 Å². The number of piperidine rings is 1. The molecule has 0 aromatic heterocycles. The number of aliphatic hydroxyl groups is 3. The fraction of sp³-hybridized carbons (Fsp3) is 1.00. The summed E-state index contributed by atoms with van der Waals surface area (Å²) >= 11 is 0. The molecule has 1 rings (SSSR count). The average molecular weight is 273 g/mol. The molecule has 0 amide bonds. The molecule has 0 aromatic rings. The highest BCUT2D eigenvalue weighted by Gasteiger charge is 2.34. The van der Waals surface area contributed by atoms with Crippen LogP contribution in [0, 0.1) is 0 Å². The molecule has 0 spiro atoms. The molecule has 1 aliphatic heterocycles. The summed E-state index contributed by atoms with van der Waals surface area (Å²) < 4.78 is 0. The minimum absolute atomic E-state index is 0.0747. The predicted octanol–water partition coefficient (Wildman–Crippen LogP) is 1.53. The Labute approximate surface area is 117 Å². The number of unbranched alkanes of at least 4 members (excludes halogenated alkanes) is 6. The first-order valence-corrected chi connectivity index (χ1v) is 7.91. The molecule has 0 aliphatic carbocycles. The van der Waals surface area contributed by atoms with Crippen LogP contribution in [0.4, 0.5) is 0 Å². The molecule has 3 atom stereocenters. The molecule has 1 saturated heterocycles. The first kappa shape index (κ1) is 16.9. The van der Waals surface area contributed by atoms with Gasteiger partial charge in [-0.3, -0.25) is 4.90 Å². The summed E-state index contributed by atoms with van der Waals surface area (Å²) in [5, 5.41) is 28.8. The highest BCUT2D eigenvalue weighted by atomic mass is 16.3. The van der Waals surface area contributed by atoms with Gasteiger partial charge in [0.05, 0.1) is 24.9 Å². The number of nitrogens with zero attached hydrogens (tertiary/aromatic N) is 1. The van der Waals surface area contributed by atoms with Crippen LogP contribution in [0.2, 0.25) is 0 Å². The number of likely N-dealkylation sites (tertiary alicyclic amines) is 1. The number of hydrogen-bond acceptors (Lipinski definition) is 4. The van der Waals surface area contributed by atoms with E-state index in [0.717, 1.165) is 19.5 Å². The maximum atomic E-state index is 9.86. The van der Waals surface area contributed by atoms with E-state index in [2.05, 4.69) is 11.8 Å². The Hall–Kier alpha value is -0.160. The van der Waals surface area contributed by atoms with Crippen LogP contribution in [-0.4, -0.2) is 58.2 Å². The second-order valence-corrected chi connectivity index (χ2v) is 5.75. The fourth-order valence-electron chi connectivity index (χ4n) is 2.88. The van der Waals surface area contributed by atoms with Crippen molar-refractivity contribution in [2.75, 3.05) is 19.7 Å². The molecular weight excluding hydrogens is 242 g/mol. The standard InChI is InChI=1S/C15H31NO3/c1-2-3-4-5-6-7-8-10-16-11-9-14(18)15(19)13(16)12-17/h13-15,17-19H,2-12H2,1H3/t13-,14-,15-/m1/s1. The Morgan fingerprint density at radius 1 is 1.00 bits per heavy atom. The summed E-state index contributed by atoms with van der Waals surface area (Å²) in [6, 6.07) is -0.288. The summed E-state index contributed by atoms with van der Waals surface area (Å²) in [5.74, 6) is 0. The van der Waals surface area contributed by atoms with Gasteiger partial charge in [0, 0.05) is 6.54 Å². The third-order valence-electron chi connectivity index (χ3n) is 4.21. The predicted molar refractivity (Wildman–Crippen MR) is 77.1 cm³/mol. The molecule has 114 valence electrons. The van der Waals surface area contributed by atoms with Crippen molar-refractivity contribution in [3.05, 3.63) is 0 Å². The van der Waals surface area contributed by atoms with Crippen molar-refractivity contribution in [1.29, 1.82) is 0 Å². The highest BCUT2D eigenvalue weighted by Crippen LogP contribution is 2.19. The molecule has 0 aromatic carbocycles. The maximum Gasteiger partial charge on any atom is 0.0976 e. The largest absolute Gasteiger partial charge is 0.395 e. The minimum Gasteiger partial charge on any atom is -0.395 e. The topological polar surface area (TPSA) is 63.9 Å². The van der Waals surface area contributed by atoms with Gasteiger partial charge in [-0.05, 0) is 19.4 Å². The van der Waals surface area contributed by atoms with Gasteiger partial charge < -0.3 is 15.3 Å². The van der Waals surface area contributed by atoms with Crippen molar-refractivity contribution in [3.63, 3.8) is 0 Å². The zero-order chi connectivity index (χ0) is 14.1. The molecule has 3 N–H and O–H groups in total. The van der Waals surface area contributed by atoms with E-state index >= 15 is 0 Å². The van der Waals surface area contributed by atoms with Gasteiger partial charge in [-0.1, -0.05) is 45.4 Å². The molecule has 4 nitrogen and oxygen atoms in total. The van der Waals surface area contributed by atoms with Crippen LogP contribution in [0.25, 0.3) is 0 Å². The van der Waals surface area contributed by atoms with E-state index in [0.29, 0.717) is 6.42 Å². The third-order valence-corrected chi connectivity index (χ3v) is 4.21. The normalized spacial score (nSPS) is 28.7. The lowest BCUT2D eigenvalue weighted by atomic mass is 9.96. The van der Waals surface area contributed by atoms with Crippen molar-refractivity contribution >= 4 is 0 Å². The lowest BCUT2D eigenvalue weighted by Gasteiger charge is -2.40. The van der Waals surface area contributed by atoms with E-state index in [4.69, 9.17) is 0 Å². The second-order valence-electron chi connectivity index (χ2n) is 5.75. The third kappa shape index (κ3) is 5.78. The minimum atomic E-state index is -0.802. The van der Waals surface area contributed by atoms with Gasteiger partial charge in [-0.2, -0.15) is 0 Å². The first-order chi connectivity index (χ1) is 9.20. The lowest BCUT2D eigenvalue weighted by molar-refractivity contribution is -0.0896. The van der Waals surface area contributed by atoms with Crippen LogP contribution in [0.5, 0.6) is 0 Å². The molecule has 1 heterocycles. The Bertz CT molecular complexity index is 225. The fourth-order valence-corrected chi connectivity index (χ4v) is 2.88. The number of rotatable bonds is 9. The van der Waals surface area contributed by atoms with Crippen molar-refractivity contribution in [2.24, 2.45) is 0 Å². The van der Waals surface area contributed by atoms with E-state index in [1.165, 1.54) is 38.5 Å². The average Bonchev–Trinajstić information content (AvgIpc) is 2.42. The van der Waals surface area contributed by atoms with E-state index in [9.17, 15) is 15.3 Å². The Morgan fingerprint density at radius 3 is 2.26 bits per heavy atom. The van der Waals surface area contributed by atoms with Gasteiger partial charge in [0.25, 0.3) is 0 Å². The highest BCUT2D eigenvalue weighted by molar-refractivity contribution is 4.88. The SMILES string of the molecule is CCCCCCCCCN1CC[C@@H](O)[C@H](O)[C@H]1CO. The van der Waals surface area contributed by atoms with Gasteiger partial charge in [-0.25, -0.2) is 0 Å². The molecular formula is C15H31NO3. The van der Waals surface area contributed by atoms with E-state index in [1.807, 2.05) is 0 Å². The van der Waals surface area contributed by atoms with Gasteiger partial charge in [0.1, 0.15) is 0 Å². The van der Waals surface area contributed by atoms with Gasteiger partial charge in [-0.15, -0.1) is 0 Å². The van der Waals surface area contributed by atoms with Crippen LogP contribution in [-0.2, 0) is 0 Å². The van der Waals surface area contributed by atoms with E-state index in [-0.39, 0.29) is 12.6 Å². The number of aliphatic hydroxyl groups excluding tert-OH is 3. The second kappa shape index (κ2) is 9.70. The Kier molecular flexibility index (Phi) is 8.62. The van der Waals surface area contributed by atoms with Crippen LogP contribution < -0.4 is 0 Å². The van der Waals surface area contributed by atoms with Crippen LogP contribution in [0.1, 0.15) is 58.3 Å². The zero-order valence-corrected chi connectivity index (χ0v) is 12.3. The molecule has 0 unspecified atom stereocenters. The first-order valence-electron chi connectivity index (χ1n) is 7.91. The summed E-state index contributed by atoms with van der Waals surface area (Å²) in [7, 11) is 0. The monoisotopic (exact) mass is 273 g/mol. The molecule has 0 saturated carbocycles. The molecule has 0 bridgehead atoms. The van der Waals surface area contributed by atoms with Crippen molar-refractivity contribution in [2.45, 2.75) is 76.5 Å². The zero-order valence-electron chi connectivity index (χ0n) is 12.3. The quantitative estimate of drug-likeness (QED) is 0.557. The summed E-state index contributed by atoms with van der Waals surface area (Å²) in [6.45, 7) is 3.85. The van der Waals surface area contributed by atoms with E-state index in [1.54, 1.807) is 0 Å². The van der Waals surface area contributed by atoms with Crippen molar-refractivity contribution in [1.82, 2.24) is 4.90 Å². The summed E-state index contributed by atoms with van der Waals surface area (Å²) in [4.78, 5) is 2.13. The van der Waals surface area contributed by atoms with Gasteiger partial charge >= 0.3 is 0 Å². The Balaban J connectivity index is 2.14. The summed E-state index contributed by atoms with van der Waals surface area (Å²) in [6.07, 6.45) is 8.02. The van der Waals surface area contributed by atoms with Crippen LogP contribution in [0.3, 0.4) is 0 Å². The number of hydrogen-bond donors (Lipinski definition) is 3. The smallest absolute Gasteiger partial charge is 0.0976 e. The molecule has 1 aliphatic rings. The molecule has 19 heavy (non-hydrogen) atoms. The molecule has 0 radical (unpaired) electrons. The Morgan fingerprint density at radius 2 is 1.63 bits per heavy atom. The molecule has 4 heteroatoms. The lowest BCUT2D eigenvalue weighted by Crippen LogP contribution is -2.56. The van der Waals surface area contributed by atoms with Crippen LogP contribution >= 0.6 is 0 Å². The van der Waals surface area contributed by atoms with Crippen molar-refractivity contribution < 1.29 is 15.3 Å². The van der Waals surface area contributed by atoms with Crippen LogP contribution in [0.15, 0.2) is 0 Å². The maximum absolute atomic E-state index is 9.86. The summed E-state index contributed by atoms with van der Waals surface area (Å²) in [5.41, 5.74) is 0. The van der Waals surface area contributed by atoms with Gasteiger partial charge in [0.2, 0.25) is 0 Å².